The lowest BCUT2D eigenvalue weighted by molar-refractivity contribution is -0.384. The molecule has 248 valence electrons. The lowest BCUT2D eigenvalue weighted by atomic mass is 10.0. The van der Waals surface area contributed by atoms with Crippen LogP contribution in [0, 0.1) is 10.1 Å². The number of carbonyl (C=O) groups is 2. The number of ether oxygens (including phenoxy) is 1. The van der Waals surface area contributed by atoms with Crippen LogP contribution in [0.15, 0.2) is 52.7 Å². The molecule has 0 saturated carbocycles. The number of azo groups is 1. The molecule has 0 unspecified atom stereocenters. The van der Waals surface area contributed by atoms with Gasteiger partial charge in [0.05, 0.1) is 30.1 Å². The van der Waals surface area contributed by atoms with Gasteiger partial charge in [0.1, 0.15) is 0 Å². The molecular formula is C35H52N4O6. The van der Waals surface area contributed by atoms with Crippen molar-refractivity contribution in [2.45, 2.75) is 123 Å². The van der Waals surface area contributed by atoms with Gasteiger partial charge in [-0.1, -0.05) is 115 Å². The zero-order valence-electron chi connectivity index (χ0n) is 27.0. The molecule has 2 aromatic carbocycles. The fourth-order valence-corrected chi connectivity index (χ4v) is 5.01. The van der Waals surface area contributed by atoms with Crippen LogP contribution < -0.4 is 5.32 Å². The van der Waals surface area contributed by atoms with Crippen LogP contribution in [0.4, 0.5) is 17.1 Å². The highest BCUT2D eigenvalue weighted by atomic mass is 16.6. The van der Waals surface area contributed by atoms with Crippen LogP contribution in [0.2, 0.25) is 0 Å². The van der Waals surface area contributed by atoms with Crippen molar-refractivity contribution in [3.63, 3.8) is 0 Å². The van der Waals surface area contributed by atoms with E-state index in [-0.39, 0.29) is 29.9 Å². The first kappa shape index (κ1) is 37.4. The number of rotatable bonds is 26. The molecule has 10 heteroatoms. The van der Waals surface area contributed by atoms with Crippen molar-refractivity contribution in [1.29, 1.82) is 0 Å². The summed E-state index contributed by atoms with van der Waals surface area (Å²) in [5.41, 5.74) is 1.47. The number of aliphatic carboxylic acids is 1. The molecular weight excluding hydrogens is 572 g/mol. The minimum absolute atomic E-state index is 0.0187. The maximum absolute atomic E-state index is 12.5. The zero-order valence-corrected chi connectivity index (χ0v) is 27.0. The summed E-state index contributed by atoms with van der Waals surface area (Å²) in [5, 5.41) is 31.5. The Kier molecular flexibility index (Phi) is 19.6. The van der Waals surface area contributed by atoms with Gasteiger partial charge < -0.3 is 15.2 Å². The molecule has 0 aliphatic heterocycles. The van der Waals surface area contributed by atoms with E-state index in [1.807, 2.05) is 12.1 Å². The van der Waals surface area contributed by atoms with E-state index in [0.29, 0.717) is 13.2 Å². The van der Waals surface area contributed by atoms with E-state index < -0.39 is 16.9 Å². The van der Waals surface area contributed by atoms with E-state index in [0.717, 1.165) is 30.5 Å². The van der Waals surface area contributed by atoms with Gasteiger partial charge in [-0.2, -0.15) is 5.11 Å². The first-order chi connectivity index (χ1) is 21.9. The Morgan fingerprint density at radius 3 is 1.91 bits per heavy atom. The number of nitrogens with zero attached hydrogens (tertiary/aromatic N) is 3. The predicted molar refractivity (Wildman–Crippen MR) is 178 cm³/mol. The first-order valence-electron chi connectivity index (χ1n) is 16.8. The van der Waals surface area contributed by atoms with Gasteiger partial charge in [0.25, 0.3) is 5.69 Å². The third kappa shape index (κ3) is 17.3. The summed E-state index contributed by atoms with van der Waals surface area (Å²) in [4.78, 5) is 34.1. The number of nitrogens with one attached hydrogen (secondary N) is 1. The van der Waals surface area contributed by atoms with E-state index in [4.69, 9.17) is 9.84 Å². The number of hydrogen-bond acceptors (Lipinski definition) is 8. The Bertz CT molecular complexity index is 1170. The van der Waals surface area contributed by atoms with Crippen molar-refractivity contribution in [2.75, 3.05) is 18.5 Å². The molecule has 2 N–H and O–H groups in total. The van der Waals surface area contributed by atoms with Gasteiger partial charge >= 0.3 is 11.9 Å². The third-order valence-corrected chi connectivity index (χ3v) is 7.69. The smallest absolute Gasteiger partial charge is 0.338 e. The molecule has 0 aromatic heterocycles. The second kappa shape index (κ2) is 23.5. The number of carboxylic acid groups (broad SMARTS) is 1. The molecule has 0 radical (unpaired) electrons. The Morgan fingerprint density at radius 2 is 1.38 bits per heavy atom. The molecule has 0 bridgehead atoms. The molecule has 0 atom stereocenters. The van der Waals surface area contributed by atoms with Gasteiger partial charge in [-0.3, -0.25) is 14.9 Å². The summed E-state index contributed by atoms with van der Waals surface area (Å²) < 4.78 is 5.36. The maximum Gasteiger partial charge on any atom is 0.338 e. The highest BCUT2D eigenvalue weighted by molar-refractivity contribution is 5.91. The van der Waals surface area contributed by atoms with E-state index >= 15 is 0 Å². The molecule has 0 aliphatic carbocycles. The Balaban J connectivity index is 1.61. The van der Waals surface area contributed by atoms with Crippen LogP contribution in [0.5, 0.6) is 0 Å². The van der Waals surface area contributed by atoms with Crippen LogP contribution in [-0.4, -0.2) is 35.1 Å². The number of esters is 1. The summed E-state index contributed by atoms with van der Waals surface area (Å²) in [5.74, 6) is -1.45. The zero-order chi connectivity index (χ0) is 32.5. The van der Waals surface area contributed by atoms with Crippen LogP contribution >= 0.6 is 0 Å². The Hall–Kier alpha value is -3.82. The van der Waals surface area contributed by atoms with Crippen molar-refractivity contribution >= 4 is 29.0 Å². The number of benzene rings is 2. The Morgan fingerprint density at radius 1 is 0.822 bits per heavy atom. The molecule has 0 saturated heterocycles. The number of carbonyl (C=O) groups excluding carboxylic acids is 1. The molecule has 0 fully saturated rings. The van der Waals surface area contributed by atoms with Gasteiger partial charge in [0.15, 0.2) is 5.69 Å². The summed E-state index contributed by atoms with van der Waals surface area (Å²) in [7, 11) is 0. The predicted octanol–water partition coefficient (Wildman–Crippen LogP) is 10.2. The molecule has 0 aliphatic rings. The van der Waals surface area contributed by atoms with Crippen LogP contribution in [0.1, 0.15) is 132 Å². The van der Waals surface area contributed by atoms with Crippen molar-refractivity contribution in [3.8, 4) is 0 Å². The fraction of sp³-hybridized carbons (Fsp3) is 0.600. The second-order valence-electron chi connectivity index (χ2n) is 11.6. The van der Waals surface area contributed by atoms with Crippen molar-refractivity contribution in [2.24, 2.45) is 10.2 Å². The molecule has 0 spiro atoms. The molecule has 45 heavy (non-hydrogen) atoms. The van der Waals surface area contributed by atoms with Gasteiger partial charge in [-0.05, 0) is 36.2 Å². The molecule has 2 rings (SSSR count). The monoisotopic (exact) mass is 624 g/mol. The average Bonchev–Trinajstić information content (AvgIpc) is 3.03. The molecule has 10 nitrogen and oxygen atoms in total. The molecule has 0 amide bonds. The maximum atomic E-state index is 12.5. The number of unbranched alkanes of at least 4 members (excludes halogenated alkanes) is 15. The lowest BCUT2D eigenvalue weighted by Crippen LogP contribution is -2.07. The van der Waals surface area contributed by atoms with Crippen molar-refractivity contribution in [3.05, 3.63) is 63.7 Å². The van der Waals surface area contributed by atoms with Gasteiger partial charge in [0, 0.05) is 18.3 Å². The third-order valence-electron chi connectivity index (χ3n) is 7.69. The minimum atomic E-state index is -0.871. The highest BCUT2D eigenvalue weighted by Crippen LogP contribution is 2.29. The topological polar surface area (TPSA) is 143 Å². The average molecular weight is 625 g/mol. The minimum Gasteiger partial charge on any atom is -0.481 e. The lowest BCUT2D eigenvalue weighted by Gasteiger charge is -2.06. The Labute approximate surface area is 268 Å². The molecule has 0 heterocycles. The van der Waals surface area contributed by atoms with Gasteiger partial charge in [0.2, 0.25) is 0 Å². The summed E-state index contributed by atoms with van der Waals surface area (Å²) in [6, 6.07) is 11.3. The highest BCUT2D eigenvalue weighted by Gasteiger charge is 2.18. The second-order valence-corrected chi connectivity index (χ2v) is 11.6. The van der Waals surface area contributed by atoms with Crippen molar-refractivity contribution in [1.82, 2.24) is 0 Å². The number of anilines is 1. The van der Waals surface area contributed by atoms with E-state index in [1.54, 1.807) is 12.1 Å². The van der Waals surface area contributed by atoms with Crippen LogP contribution in [0.25, 0.3) is 0 Å². The normalized spacial score (nSPS) is 11.1. The summed E-state index contributed by atoms with van der Waals surface area (Å²) in [6.45, 7) is 3.08. The van der Waals surface area contributed by atoms with E-state index in [1.165, 1.54) is 102 Å². The quantitative estimate of drug-likeness (QED) is 0.0348. The number of carboxylic acids is 1. The van der Waals surface area contributed by atoms with Gasteiger partial charge in [-0.15, -0.1) is 5.11 Å². The largest absolute Gasteiger partial charge is 0.481 e. The summed E-state index contributed by atoms with van der Waals surface area (Å²) >= 11 is 0. The fourth-order valence-electron chi connectivity index (χ4n) is 5.01. The van der Waals surface area contributed by atoms with E-state index in [2.05, 4.69) is 22.5 Å². The SMILES string of the molecule is CCCCCCCCCCCCCCCCCCOC(=O)c1ccc(N=NCc2ccc(NCCC(=O)O)cc2)c([N+](=O)[O-])c1. The number of nitro groups is 1. The number of hydrogen-bond donors (Lipinski definition) is 2. The van der Waals surface area contributed by atoms with Crippen molar-refractivity contribution < 1.29 is 24.4 Å². The standard InChI is InChI=1S/C35H52N4O6/c1-2-3-4-5-6-7-8-9-10-11-12-13-14-15-16-17-26-45-35(42)30-20-23-32(33(27-30)39(43)44)38-37-28-29-18-21-31(22-19-29)36-25-24-34(40)41/h18-23,27,36H,2-17,24-26,28H2,1H3,(H,40,41). The van der Waals surface area contributed by atoms with E-state index in [9.17, 15) is 19.7 Å². The van der Waals surface area contributed by atoms with Crippen LogP contribution in [-0.2, 0) is 16.1 Å². The number of nitro benzene ring substituents is 1. The summed E-state index contributed by atoms with van der Waals surface area (Å²) in [6.07, 6.45) is 20.3. The first-order valence-corrected chi connectivity index (χ1v) is 16.8. The van der Waals surface area contributed by atoms with Crippen LogP contribution in [0.3, 0.4) is 0 Å². The molecule has 2 aromatic rings. The van der Waals surface area contributed by atoms with Gasteiger partial charge in [-0.25, -0.2) is 4.79 Å².